The Hall–Kier alpha value is -3.77. The van der Waals surface area contributed by atoms with Crippen LogP contribution in [0.1, 0.15) is 16.4 Å². The predicted octanol–water partition coefficient (Wildman–Crippen LogP) is 5.57. The summed E-state index contributed by atoms with van der Waals surface area (Å²) in [5, 5.41) is 3.23. The van der Waals surface area contributed by atoms with Crippen molar-refractivity contribution in [3.8, 4) is 11.5 Å². The van der Waals surface area contributed by atoms with Gasteiger partial charge in [-0.25, -0.2) is 4.90 Å². The van der Waals surface area contributed by atoms with E-state index < -0.39 is 23.0 Å². The first-order valence-electron chi connectivity index (χ1n) is 12.6. The maximum atomic E-state index is 13.8. The third kappa shape index (κ3) is 5.17. The number of nitrogens with zero attached hydrogens (tertiary/aromatic N) is 1. The lowest BCUT2D eigenvalue weighted by molar-refractivity contribution is -0.122. The van der Waals surface area contributed by atoms with Crippen LogP contribution in [0, 0.1) is 5.92 Å². The molecule has 2 N–H and O–H groups in total. The summed E-state index contributed by atoms with van der Waals surface area (Å²) in [6, 6.07) is 18.6. The summed E-state index contributed by atoms with van der Waals surface area (Å²) >= 11 is 14.2. The minimum Gasteiger partial charge on any atom is -0.493 e. The maximum absolute atomic E-state index is 13.8. The van der Waals surface area contributed by atoms with Gasteiger partial charge in [0.05, 0.1) is 33.8 Å². The second-order valence-electron chi connectivity index (χ2n) is 9.47. The van der Waals surface area contributed by atoms with Gasteiger partial charge in [-0.1, -0.05) is 70.6 Å². The van der Waals surface area contributed by atoms with Gasteiger partial charge in [0, 0.05) is 16.5 Å². The molecule has 0 bridgehead atoms. The van der Waals surface area contributed by atoms with Gasteiger partial charge in [-0.2, -0.15) is 0 Å². The van der Waals surface area contributed by atoms with E-state index in [-0.39, 0.29) is 23.3 Å². The molecule has 2 aliphatic heterocycles. The highest BCUT2D eigenvalue weighted by Crippen LogP contribution is 2.53. The Labute approximate surface area is 257 Å². The third-order valence-corrected chi connectivity index (χ3v) is 10.1. The number of methoxy groups -OCH3 is 1. The second-order valence-corrected chi connectivity index (χ2v) is 12.5. The third-order valence-electron chi connectivity index (χ3n) is 6.95. The molecule has 9 nitrogen and oxygen atoms in total. The highest BCUT2D eigenvalue weighted by Gasteiger charge is 2.56. The molecule has 3 atom stereocenters. The zero-order valence-electron chi connectivity index (χ0n) is 21.8. The SMILES string of the molecule is COc1cc([C@H]2c3sc(=O)[nH]c3SC3C(=O)N(c4ccccc4)C(=O)C32)ccc1OCC(=O)Nc1ccc(Cl)c(Cl)c1. The normalized spacial score (nSPS) is 19.3. The van der Waals surface area contributed by atoms with E-state index in [0.717, 1.165) is 11.3 Å². The van der Waals surface area contributed by atoms with Gasteiger partial charge in [-0.05, 0) is 48.0 Å². The summed E-state index contributed by atoms with van der Waals surface area (Å²) in [6.07, 6.45) is 0. The monoisotopic (exact) mass is 641 g/mol. The van der Waals surface area contributed by atoms with Crippen molar-refractivity contribution < 1.29 is 23.9 Å². The number of thiazole rings is 1. The molecule has 4 aromatic rings. The predicted molar refractivity (Wildman–Crippen MR) is 162 cm³/mol. The molecule has 0 aliphatic carbocycles. The van der Waals surface area contributed by atoms with Crippen LogP contribution in [0.25, 0.3) is 0 Å². The van der Waals surface area contributed by atoms with Crippen molar-refractivity contribution in [3.05, 3.63) is 96.9 Å². The van der Waals surface area contributed by atoms with Gasteiger partial charge in [0.15, 0.2) is 18.1 Å². The van der Waals surface area contributed by atoms with E-state index in [4.69, 9.17) is 32.7 Å². The number of amides is 3. The van der Waals surface area contributed by atoms with Crippen molar-refractivity contribution in [2.75, 3.05) is 23.9 Å². The Morgan fingerprint density at radius 3 is 2.50 bits per heavy atom. The lowest BCUT2D eigenvalue weighted by Crippen LogP contribution is -2.32. The quantitative estimate of drug-likeness (QED) is 0.254. The molecule has 2 unspecified atom stereocenters. The van der Waals surface area contributed by atoms with Crippen LogP contribution in [-0.4, -0.2) is 41.7 Å². The number of nitrogens with one attached hydrogen (secondary N) is 2. The van der Waals surface area contributed by atoms with E-state index in [9.17, 15) is 19.2 Å². The molecule has 3 heterocycles. The van der Waals surface area contributed by atoms with Crippen LogP contribution in [0.5, 0.6) is 11.5 Å². The standard InChI is InChI=1S/C29H21Cl2N3O6S2/c1-39-20-11-14(7-10-19(20)40-13-21(35)32-15-8-9-17(30)18(31)12-15)22-23-25(41-26-24(22)42-29(38)33-26)28(37)34(27(23)36)16-5-3-2-4-6-16/h2-12,22-23,25H,13H2,1H3,(H,32,35)(H,33,38)/t22-,23?,25?/m1/s1. The number of carbonyl (C=O) groups is 3. The van der Waals surface area contributed by atoms with Crippen LogP contribution in [-0.2, 0) is 14.4 Å². The molecule has 214 valence electrons. The molecular weight excluding hydrogens is 621 g/mol. The highest BCUT2D eigenvalue weighted by molar-refractivity contribution is 8.00. The number of anilines is 2. The molecule has 42 heavy (non-hydrogen) atoms. The number of benzene rings is 3. The first-order chi connectivity index (χ1) is 20.2. The van der Waals surface area contributed by atoms with Gasteiger partial charge in [0.1, 0.15) is 5.25 Å². The van der Waals surface area contributed by atoms with Crippen LogP contribution in [0.4, 0.5) is 11.4 Å². The fraction of sp³-hybridized carbons (Fsp3) is 0.172. The van der Waals surface area contributed by atoms with E-state index in [1.807, 2.05) is 6.07 Å². The van der Waals surface area contributed by atoms with Crippen LogP contribution in [0.3, 0.4) is 0 Å². The van der Waals surface area contributed by atoms with Crippen LogP contribution >= 0.6 is 46.3 Å². The van der Waals surface area contributed by atoms with E-state index in [0.29, 0.717) is 48.4 Å². The number of hydrogen-bond acceptors (Lipinski definition) is 8. The lowest BCUT2D eigenvalue weighted by Gasteiger charge is -2.30. The van der Waals surface area contributed by atoms with Crippen molar-refractivity contribution in [3.63, 3.8) is 0 Å². The highest BCUT2D eigenvalue weighted by atomic mass is 35.5. The first-order valence-corrected chi connectivity index (χ1v) is 15.1. The number of aromatic nitrogens is 1. The number of carbonyl (C=O) groups excluding carboxylic acids is 3. The van der Waals surface area contributed by atoms with E-state index in [1.54, 1.807) is 54.6 Å². The number of para-hydroxylation sites is 1. The molecule has 13 heteroatoms. The summed E-state index contributed by atoms with van der Waals surface area (Å²) in [6.45, 7) is -0.316. The molecule has 3 aromatic carbocycles. The summed E-state index contributed by atoms with van der Waals surface area (Å²) in [4.78, 5) is 56.7. The minimum atomic E-state index is -0.741. The lowest BCUT2D eigenvalue weighted by atomic mass is 9.83. The van der Waals surface area contributed by atoms with Crippen LogP contribution in [0.15, 0.2) is 76.6 Å². The fourth-order valence-corrected chi connectivity index (χ4v) is 7.93. The Balaban J connectivity index is 1.28. The van der Waals surface area contributed by atoms with Crippen molar-refractivity contribution >= 4 is 75.4 Å². The van der Waals surface area contributed by atoms with Gasteiger partial charge < -0.3 is 19.8 Å². The Bertz CT molecular complexity index is 1780. The molecule has 6 rings (SSSR count). The van der Waals surface area contributed by atoms with Gasteiger partial charge >= 0.3 is 4.87 Å². The number of halogens is 2. The largest absolute Gasteiger partial charge is 0.493 e. The Morgan fingerprint density at radius 1 is 0.976 bits per heavy atom. The van der Waals surface area contributed by atoms with Gasteiger partial charge in [0.25, 0.3) is 5.91 Å². The summed E-state index contributed by atoms with van der Waals surface area (Å²) < 4.78 is 11.3. The average molecular weight is 643 g/mol. The zero-order chi connectivity index (χ0) is 29.5. The molecule has 1 aromatic heterocycles. The number of thioether (sulfide) groups is 1. The maximum Gasteiger partial charge on any atom is 0.305 e. The van der Waals surface area contributed by atoms with Gasteiger partial charge in [-0.15, -0.1) is 0 Å². The number of imide groups is 1. The molecule has 0 saturated carbocycles. The van der Waals surface area contributed by atoms with E-state index in [2.05, 4.69) is 10.3 Å². The van der Waals surface area contributed by atoms with E-state index in [1.165, 1.54) is 29.8 Å². The van der Waals surface area contributed by atoms with Crippen LogP contribution < -0.4 is 24.6 Å². The molecule has 0 spiro atoms. The number of H-pyrrole nitrogens is 1. The molecule has 2 aliphatic rings. The van der Waals surface area contributed by atoms with Crippen molar-refractivity contribution in [2.45, 2.75) is 16.2 Å². The number of fused-ring (bicyclic) bond motifs is 2. The molecule has 3 amide bonds. The van der Waals surface area contributed by atoms with Gasteiger partial charge in [-0.3, -0.25) is 19.2 Å². The Morgan fingerprint density at radius 2 is 1.76 bits per heavy atom. The zero-order valence-corrected chi connectivity index (χ0v) is 24.9. The van der Waals surface area contributed by atoms with E-state index >= 15 is 0 Å². The molecular formula is C29H21Cl2N3O6S2. The van der Waals surface area contributed by atoms with Crippen LogP contribution in [0.2, 0.25) is 10.0 Å². The second kappa shape index (κ2) is 11.5. The molecule has 1 fully saturated rings. The average Bonchev–Trinajstić information content (AvgIpc) is 3.48. The molecule has 0 radical (unpaired) electrons. The number of rotatable bonds is 7. The fourth-order valence-electron chi connectivity index (χ4n) is 5.12. The molecule has 1 saturated heterocycles. The summed E-state index contributed by atoms with van der Waals surface area (Å²) in [5.41, 5.74) is 1.63. The summed E-state index contributed by atoms with van der Waals surface area (Å²) in [5.74, 6) is -1.79. The van der Waals surface area contributed by atoms with Crippen molar-refractivity contribution in [1.29, 1.82) is 0 Å². The number of aromatic amines is 1. The van der Waals surface area contributed by atoms with Crippen molar-refractivity contribution in [1.82, 2.24) is 4.98 Å². The van der Waals surface area contributed by atoms with Crippen molar-refractivity contribution in [2.24, 2.45) is 5.92 Å². The minimum absolute atomic E-state index is 0.266. The Kier molecular flexibility index (Phi) is 7.75. The summed E-state index contributed by atoms with van der Waals surface area (Å²) in [7, 11) is 1.46. The van der Waals surface area contributed by atoms with Gasteiger partial charge in [0.2, 0.25) is 11.8 Å². The number of hydrogen-bond donors (Lipinski definition) is 2. The smallest absolute Gasteiger partial charge is 0.305 e. The first kappa shape index (κ1) is 28.4. The topological polar surface area (TPSA) is 118 Å². The number of ether oxygens (including phenoxy) is 2.